The average Bonchev–Trinajstić information content (AvgIpc) is 2.62. The second kappa shape index (κ2) is 7.30. The van der Waals surface area contributed by atoms with Gasteiger partial charge in [-0.1, -0.05) is 18.2 Å². The van der Waals surface area contributed by atoms with Crippen LogP contribution in [0.1, 0.15) is 40.7 Å². The molecule has 3 rings (SSSR count). The zero-order valence-electron chi connectivity index (χ0n) is 13.9. The Morgan fingerprint density at radius 3 is 2.46 bits per heavy atom. The lowest BCUT2D eigenvalue weighted by molar-refractivity contribution is 0.0696. The van der Waals surface area contributed by atoms with Gasteiger partial charge in [0, 0.05) is 25.0 Å². The van der Waals surface area contributed by atoms with E-state index in [4.69, 9.17) is 0 Å². The minimum Gasteiger partial charge on any atom is -0.478 e. The van der Waals surface area contributed by atoms with E-state index in [2.05, 4.69) is 34.2 Å². The number of aliphatic imine (C=N–C) groups is 1. The Hall–Kier alpha value is -2.62. The molecule has 0 aliphatic carbocycles. The van der Waals surface area contributed by atoms with Gasteiger partial charge in [0.25, 0.3) is 0 Å². The van der Waals surface area contributed by atoms with E-state index in [1.807, 2.05) is 6.07 Å². The molecule has 0 radical (unpaired) electrons. The van der Waals surface area contributed by atoms with Crippen molar-refractivity contribution in [2.45, 2.75) is 26.2 Å². The van der Waals surface area contributed by atoms with Gasteiger partial charge in [-0.25, -0.2) is 4.79 Å². The second-order valence-corrected chi connectivity index (χ2v) is 6.15. The highest BCUT2D eigenvalue weighted by atomic mass is 16.4. The molecule has 0 amide bonds. The summed E-state index contributed by atoms with van der Waals surface area (Å²) in [7, 11) is 0. The van der Waals surface area contributed by atoms with Crippen LogP contribution in [-0.4, -0.2) is 30.4 Å². The Morgan fingerprint density at radius 2 is 1.79 bits per heavy atom. The van der Waals surface area contributed by atoms with Gasteiger partial charge in [-0.2, -0.15) is 0 Å². The first kappa shape index (κ1) is 16.2. The van der Waals surface area contributed by atoms with Gasteiger partial charge in [0.1, 0.15) is 0 Å². The number of carboxylic acids is 1. The second-order valence-electron chi connectivity index (χ2n) is 6.15. The highest BCUT2D eigenvalue weighted by Gasteiger charge is 2.11. The smallest absolute Gasteiger partial charge is 0.336 e. The van der Waals surface area contributed by atoms with Gasteiger partial charge in [0.2, 0.25) is 0 Å². The SMILES string of the molecule is Cc1c(N=Cc2ccc(N3CCCCC3)cc2)cccc1C(=O)O. The molecule has 124 valence electrons. The van der Waals surface area contributed by atoms with E-state index in [9.17, 15) is 9.90 Å². The van der Waals surface area contributed by atoms with Crippen LogP contribution in [0.15, 0.2) is 47.5 Å². The molecule has 1 aliphatic rings. The summed E-state index contributed by atoms with van der Waals surface area (Å²) in [5.74, 6) is -0.921. The summed E-state index contributed by atoms with van der Waals surface area (Å²) in [5, 5.41) is 9.17. The van der Waals surface area contributed by atoms with Crippen LogP contribution in [-0.2, 0) is 0 Å². The van der Waals surface area contributed by atoms with E-state index in [1.54, 1.807) is 25.3 Å². The number of rotatable bonds is 4. The van der Waals surface area contributed by atoms with E-state index in [1.165, 1.54) is 24.9 Å². The lowest BCUT2D eigenvalue weighted by atomic mass is 10.1. The van der Waals surface area contributed by atoms with Gasteiger partial charge in [-0.15, -0.1) is 0 Å². The maximum absolute atomic E-state index is 11.2. The van der Waals surface area contributed by atoms with Crippen molar-refractivity contribution in [3.8, 4) is 0 Å². The highest BCUT2D eigenvalue weighted by Crippen LogP contribution is 2.23. The van der Waals surface area contributed by atoms with E-state index in [0.717, 1.165) is 18.7 Å². The van der Waals surface area contributed by atoms with Crippen molar-refractivity contribution < 1.29 is 9.90 Å². The maximum atomic E-state index is 11.2. The van der Waals surface area contributed by atoms with Gasteiger partial charge in [0.05, 0.1) is 11.3 Å². The Bertz CT molecular complexity index is 745. The van der Waals surface area contributed by atoms with Crippen molar-refractivity contribution in [3.63, 3.8) is 0 Å². The van der Waals surface area contributed by atoms with Crippen LogP contribution in [0.2, 0.25) is 0 Å². The number of hydrogen-bond donors (Lipinski definition) is 1. The van der Waals surface area contributed by atoms with Crippen molar-refractivity contribution in [1.82, 2.24) is 0 Å². The molecule has 0 bridgehead atoms. The molecule has 1 heterocycles. The fourth-order valence-corrected chi connectivity index (χ4v) is 3.06. The molecule has 0 spiro atoms. The van der Waals surface area contributed by atoms with Gasteiger partial charge in [0.15, 0.2) is 0 Å². The predicted molar refractivity (Wildman–Crippen MR) is 97.9 cm³/mol. The van der Waals surface area contributed by atoms with Crippen LogP contribution >= 0.6 is 0 Å². The van der Waals surface area contributed by atoms with Crippen LogP contribution in [0, 0.1) is 6.92 Å². The summed E-state index contributed by atoms with van der Waals surface area (Å²) in [5.41, 5.74) is 3.94. The third-order valence-corrected chi connectivity index (χ3v) is 4.50. The molecule has 1 saturated heterocycles. The van der Waals surface area contributed by atoms with Crippen molar-refractivity contribution >= 4 is 23.6 Å². The van der Waals surface area contributed by atoms with Crippen LogP contribution in [0.25, 0.3) is 0 Å². The van der Waals surface area contributed by atoms with Crippen molar-refractivity contribution in [2.75, 3.05) is 18.0 Å². The molecule has 0 aromatic heterocycles. The van der Waals surface area contributed by atoms with E-state index in [-0.39, 0.29) is 0 Å². The third-order valence-electron chi connectivity index (χ3n) is 4.50. The maximum Gasteiger partial charge on any atom is 0.336 e. The van der Waals surface area contributed by atoms with Crippen molar-refractivity contribution in [1.29, 1.82) is 0 Å². The first-order chi connectivity index (χ1) is 11.6. The zero-order chi connectivity index (χ0) is 16.9. The molecule has 0 saturated carbocycles. The largest absolute Gasteiger partial charge is 0.478 e. The van der Waals surface area contributed by atoms with E-state index >= 15 is 0 Å². The Labute approximate surface area is 142 Å². The summed E-state index contributed by atoms with van der Waals surface area (Å²) in [6, 6.07) is 13.5. The quantitative estimate of drug-likeness (QED) is 0.847. The Kier molecular flexibility index (Phi) is 4.94. The van der Waals surface area contributed by atoms with Crippen LogP contribution < -0.4 is 4.90 Å². The minimum atomic E-state index is -0.921. The fourth-order valence-electron chi connectivity index (χ4n) is 3.06. The summed E-state index contributed by atoms with van der Waals surface area (Å²) >= 11 is 0. The molecule has 4 nitrogen and oxygen atoms in total. The number of benzene rings is 2. The lowest BCUT2D eigenvalue weighted by Crippen LogP contribution is -2.29. The molecule has 0 atom stereocenters. The Balaban J connectivity index is 1.75. The summed E-state index contributed by atoms with van der Waals surface area (Å²) in [6.07, 6.45) is 5.65. The molecule has 4 heteroatoms. The summed E-state index contributed by atoms with van der Waals surface area (Å²) < 4.78 is 0. The number of aromatic carboxylic acids is 1. The lowest BCUT2D eigenvalue weighted by Gasteiger charge is -2.28. The van der Waals surface area contributed by atoms with E-state index in [0.29, 0.717) is 16.8 Å². The Morgan fingerprint density at radius 1 is 1.08 bits per heavy atom. The minimum absolute atomic E-state index is 0.296. The number of nitrogens with zero attached hydrogens (tertiary/aromatic N) is 2. The molecule has 1 N–H and O–H groups in total. The van der Waals surface area contributed by atoms with Gasteiger partial charge >= 0.3 is 5.97 Å². The fraction of sp³-hybridized carbons (Fsp3) is 0.300. The van der Waals surface area contributed by atoms with E-state index < -0.39 is 5.97 Å². The monoisotopic (exact) mass is 322 g/mol. The first-order valence-electron chi connectivity index (χ1n) is 8.37. The number of hydrogen-bond acceptors (Lipinski definition) is 3. The molecule has 0 unspecified atom stereocenters. The average molecular weight is 322 g/mol. The van der Waals surface area contributed by atoms with Crippen LogP contribution in [0.5, 0.6) is 0 Å². The van der Waals surface area contributed by atoms with Gasteiger partial charge in [-0.05, 0) is 61.6 Å². The summed E-state index contributed by atoms with van der Waals surface area (Å²) in [4.78, 5) is 18.1. The van der Waals surface area contributed by atoms with Crippen molar-refractivity contribution in [2.24, 2.45) is 4.99 Å². The zero-order valence-corrected chi connectivity index (χ0v) is 13.9. The summed E-state index contributed by atoms with van der Waals surface area (Å²) in [6.45, 7) is 4.05. The topological polar surface area (TPSA) is 52.9 Å². The molecular formula is C20H22N2O2. The predicted octanol–water partition coefficient (Wildman–Crippen LogP) is 4.43. The first-order valence-corrected chi connectivity index (χ1v) is 8.37. The standard InChI is InChI=1S/C20H22N2O2/c1-15-18(20(23)24)6-5-7-19(15)21-14-16-8-10-17(11-9-16)22-12-3-2-4-13-22/h5-11,14H,2-4,12-13H2,1H3,(H,23,24). The molecule has 2 aromatic rings. The molecule has 2 aromatic carbocycles. The van der Waals surface area contributed by atoms with Crippen LogP contribution in [0.4, 0.5) is 11.4 Å². The number of carbonyl (C=O) groups is 1. The number of anilines is 1. The molecule has 1 fully saturated rings. The number of piperidine rings is 1. The van der Waals surface area contributed by atoms with Crippen molar-refractivity contribution in [3.05, 3.63) is 59.2 Å². The number of carboxylic acid groups (broad SMARTS) is 1. The van der Waals surface area contributed by atoms with Gasteiger partial charge in [-0.3, -0.25) is 4.99 Å². The molecule has 24 heavy (non-hydrogen) atoms. The van der Waals surface area contributed by atoms with Crippen LogP contribution in [0.3, 0.4) is 0 Å². The molecular weight excluding hydrogens is 300 g/mol. The normalized spacial score (nSPS) is 15.0. The highest BCUT2D eigenvalue weighted by molar-refractivity contribution is 5.91. The molecule has 1 aliphatic heterocycles. The van der Waals surface area contributed by atoms with Gasteiger partial charge < -0.3 is 10.0 Å². The third kappa shape index (κ3) is 3.65.